The van der Waals surface area contributed by atoms with E-state index in [1.54, 1.807) is 18.3 Å². The van der Waals surface area contributed by atoms with E-state index in [2.05, 4.69) is 5.10 Å². The number of nitrogens with zero attached hydrogens (tertiary/aromatic N) is 1. The first-order valence-electron chi connectivity index (χ1n) is 5.25. The highest BCUT2D eigenvalue weighted by molar-refractivity contribution is 5.67. The molecule has 0 bridgehead atoms. The summed E-state index contributed by atoms with van der Waals surface area (Å²) in [5.41, 5.74) is 1.02. The standard InChI is InChI=1S/C12H12N2O3/c15-11(16)7-6-9-8-13-14(12(9)17)10-4-2-1-3-5-10/h1-5,8,13H,6-7H2,(H,15,16). The molecular formula is C12H12N2O3. The lowest BCUT2D eigenvalue weighted by Crippen LogP contribution is -2.17. The second kappa shape index (κ2) is 4.69. The third-order valence-electron chi connectivity index (χ3n) is 2.47. The van der Waals surface area contributed by atoms with Crippen LogP contribution in [0.4, 0.5) is 0 Å². The summed E-state index contributed by atoms with van der Waals surface area (Å²) < 4.78 is 1.40. The predicted octanol–water partition coefficient (Wildman–Crippen LogP) is 1.18. The van der Waals surface area contributed by atoms with Gasteiger partial charge in [-0.2, -0.15) is 0 Å². The van der Waals surface area contributed by atoms with Crippen molar-refractivity contribution >= 4 is 5.97 Å². The average molecular weight is 232 g/mol. The Morgan fingerprint density at radius 2 is 2.00 bits per heavy atom. The third kappa shape index (κ3) is 2.44. The third-order valence-corrected chi connectivity index (χ3v) is 2.47. The first-order valence-corrected chi connectivity index (χ1v) is 5.25. The van der Waals surface area contributed by atoms with Crippen LogP contribution < -0.4 is 5.56 Å². The van der Waals surface area contributed by atoms with Gasteiger partial charge in [-0.05, 0) is 18.6 Å². The lowest BCUT2D eigenvalue weighted by Gasteiger charge is -1.99. The minimum Gasteiger partial charge on any atom is -0.481 e. The SMILES string of the molecule is O=C(O)CCc1c[nH]n(-c2ccccc2)c1=O. The number of rotatable bonds is 4. The minimum absolute atomic E-state index is 0.0398. The smallest absolute Gasteiger partial charge is 0.303 e. The molecule has 0 aliphatic rings. The summed E-state index contributed by atoms with van der Waals surface area (Å²) in [4.78, 5) is 22.4. The van der Waals surface area contributed by atoms with Gasteiger partial charge >= 0.3 is 5.97 Å². The highest BCUT2D eigenvalue weighted by Gasteiger charge is 2.08. The number of carboxylic acid groups (broad SMARTS) is 1. The van der Waals surface area contributed by atoms with Crippen LogP contribution >= 0.6 is 0 Å². The average Bonchev–Trinajstić information content (AvgIpc) is 2.69. The topological polar surface area (TPSA) is 75.1 Å². The molecule has 0 unspecified atom stereocenters. The van der Waals surface area contributed by atoms with Crippen molar-refractivity contribution in [1.29, 1.82) is 0 Å². The van der Waals surface area contributed by atoms with Crippen molar-refractivity contribution in [3.05, 3.63) is 52.4 Å². The molecule has 0 aliphatic carbocycles. The summed E-state index contributed by atoms with van der Waals surface area (Å²) in [6.45, 7) is 0. The first kappa shape index (κ1) is 11.2. The van der Waals surface area contributed by atoms with E-state index in [9.17, 15) is 9.59 Å². The van der Waals surface area contributed by atoms with Gasteiger partial charge in [-0.1, -0.05) is 18.2 Å². The van der Waals surface area contributed by atoms with Gasteiger partial charge in [0.2, 0.25) is 0 Å². The van der Waals surface area contributed by atoms with Crippen molar-refractivity contribution in [3.8, 4) is 5.69 Å². The molecule has 1 aromatic carbocycles. The fourth-order valence-corrected chi connectivity index (χ4v) is 1.60. The molecule has 5 heteroatoms. The molecule has 0 saturated heterocycles. The quantitative estimate of drug-likeness (QED) is 0.831. The van der Waals surface area contributed by atoms with Gasteiger partial charge in [-0.3, -0.25) is 14.7 Å². The van der Waals surface area contributed by atoms with Gasteiger partial charge in [0.25, 0.3) is 5.56 Å². The molecule has 17 heavy (non-hydrogen) atoms. The molecule has 0 amide bonds. The molecule has 2 rings (SSSR count). The summed E-state index contributed by atoms with van der Waals surface area (Å²) >= 11 is 0. The summed E-state index contributed by atoms with van der Waals surface area (Å²) in [5, 5.41) is 11.4. The molecule has 0 saturated carbocycles. The summed E-state index contributed by atoms with van der Waals surface area (Å²) in [6, 6.07) is 9.14. The second-order valence-corrected chi connectivity index (χ2v) is 3.67. The predicted molar refractivity (Wildman–Crippen MR) is 62.3 cm³/mol. The zero-order valence-corrected chi connectivity index (χ0v) is 9.09. The van der Waals surface area contributed by atoms with Crippen LogP contribution in [-0.4, -0.2) is 20.9 Å². The molecule has 0 radical (unpaired) electrons. The number of aromatic nitrogens is 2. The van der Waals surface area contributed by atoms with Crippen molar-refractivity contribution in [2.24, 2.45) is 0 Å². The van der Waals surface area contributed by atoms with Gasteiger partial charge in [0.15, 0.2) is 0 Å². The van der Waals surface area contributed by atoms with E-state index >= 15 is 0 Å². The molecule has 1 aromatic heterocycles. The number of aromatic amines is 1. The van der Waals surface area contributed by atoms with Crippen molar-refractivity contribution in [2.75, 3.05) is 0 Å². The zero-order chi connectivity index (χ0) is 12.3. The van der Waals surface area contributed by atoms with Crippen LogP contribution in [0.15, 0.2) is 41.3 Å². The molecule has 5 nitrogen and oxygen atoms in total. The molecule has 2 N–H and O–H groups in total. The van der Waals surface area contributed by atoms with Crippen LogP contribution in [-0.2, 0) is 11.2 Å². The number of hydrogen-bond donors (Lipinski definition) is 2. The molecule has 0 spiro atoms. The fourth-order valence-electron chi connectivity index (χ4n) is 1.60. The summed E-state index contributed by atoms with van der Waals surface area (Å²) in [7, 11) is 0. The number of aliphatic carboxylic acids is 1. The maximum absolute atomic E-state index is 11.9. The Bertz CT molecular complexity index is 569. The molecule has 0 fully saturated rings. The number of carboxylic acids is 1. The largest absolute Gasteiger partial charge is 0.481 e. The van der Waals surface area contributed by atoms with E-state index in [4.69, 9.17) is 5.11 Å². The Morgan fingerprint density at radius 3 is 2.65 bits per heavy atom. The zero-order valence-electron chi connectivity index (χ0n) is 9.09. The van der Waals surface area contributed by atoms with E-state index in [0.29, 0.717) is 5.56 Å². The molecule has 2 aromatic rings. The van der Waals surface area contributed by atoms with E-state index in [0.717, 1.165) is 5.69 Å². The summed E-state index contributed by atoms with van der Waals surface area (Å²) in [5.74, 6) is -0.906. The maximum atomic E-state index is 11.9. The van der Waals surface area contributed by atoms with Gasteiger partial charge in [0, 0.05) is 18.2 Å². The second-order valence-electron chi connectivity index (χ2n) is 3.67. The number of aryl methyl sites for hydroxylation is 1. The Hall–Kier alpha value is -2.30. The summed E-state index contributed by atoms with van der Waals surface area (Å²) in [6.07, 6.45) is 1.75. The van der Waals surface area contributed by atoms with Gasteiger partial charge in [-0.25, -0.2) is 4.68 Å². The lowest BCUT2D eigenvalue weighted by molar-refractivity contribution is -0.136. The molecule has 88 valence electrons. The van der Waals surface area contributed by atoms with E-state index < -0.39 is 5.97 Å². The van der Waals surface area contributed by atoms with Crippen LogP contribution in [0, 0.1) is 0 Å². The van der Waals surface area contributed by atoms with Gasteiger partial charge in [0.1, 0.15) is 0 Å². The van der Waals surface area contributed by atoms with Crippen molar-refractivity contribution in [1.82, 2.24) is 9.78 Å². The van der Waals surface area contributed by atoms with E-state index in [1.807, 2.05) is 18.2 Å². The monoisotopic (exact) mass is 232 g/mol. The first-order chi connectivity index (χ1) is 8.18. The maximum Gasteiger partial charge on any atom is 0.303 e. The number of H-pyrrole nitrogens is 1. The Balaban J connectivity index is 2.27. The number of benzene rings is 1. The number of para-hydroxylation sites is 1. The molecule has 1 heterocycles. The van der Waals surface area contributed by atoms with Crippen LogP contribution in [0.3, 0.4) is 0 Å². The highest BCUT2D eigenvalue weighted by atomic mass is 16.4. The number of carbonyl (C=O) groups is 1. The highest BCUT2D eigenvalue weighted by Crippen LogP contribution is 2.04. The number of nitrogens with one attached hydrogen (secondary N) is 1. The van der Waals surface area contributed by atoms with Gasteiger partial charge in [0.05, 0.1) is 5.69 Å². The van der Waals surface area contributed by atoms with Crippen molar-refractivity contribution in [3.63, 3.8) is 0 Å². The van der Waals surface area contributed by atoms with Gasteiger partial charge < -0.3 is 5.11 Å². The van der Waals surface area contributed by atoms with Crippen LogP contribution in [0.2, 0.25) is 0 Å². The molecule has 0 atom stereocenters. The van der Waals surface area contributed by atoms with Crippen LogP contribution in [0.25, 0.3) is 5.69 Å². The Labute approximate surface area is 97.3 Å². The normalized spacial score (nSPS) is 10.4. The van der Waals surface area contributed by atoms with Gasteiger partial charge in [-0.15, -0.1) is 0 Å². The molecule has 0 aliphatic heterocycles. The van der Waals surface area contributed by atoms with Crippen LogP contribution in [0.5, 0.6) is 0 Å². The van der Waals surface area contributed by atoms with Crippen molar-refractivity contribution < 1.29 is 9.90 Å². The number of hydrogen-bond acceptors (Lipinski definition) is 2. The molecular weight excluding hydrogens is 220 g/mol. The lowest BCUT2D eigenvalue weighted by atomic mass is 10.2. The Kier molecular flexibility index (Phi) is 3.09. The van der Waals surface area contributed by atoms with Crippen LogP contribution in [0.1, 0.15) is 12.0 Å². The van der Waals surface area contributed by atoms with Crippen molar-refractivity contribution in [2.45, 2.75) is 12.8 Å². The Morgan fingerprint density at radius 1 is 1.29 bits per heavy atom. The van der Waals surface area contributed by atoms with E-state index in [1.165, 1.54) is 4.68 Å². The van der Waals surface area contributed by atoms with E-state index in [-0.39, 0.29) is 18.4 Å². The minimum atomic E-state index is -0.906. The fraction of sp³-hybridized carbons (Fsp3) is 0.167.